The van der Waals surface area contributed by atoms with Gasteiger partial charge in [-0.2, -0.15) is 90.3 Å². The Bertz CT molecular complexity index is 600. The average Bonchev–Trinajstić information content (AvgIpc) is 3.08. The van der Waals surface area contributed by atoms with Crippen LogP contribution in [0.2, 0.25) is 0 Å². The van der Waals surface area contributed by atoms with Crippen LogP contribution in [-0.4, -0.2) is 0 Å². The Morgan fingerprint density at radius 3 is 1.44 bits per heavy atom. The van der Waals surface area contributed by atoms with Crippen molar-refractivity contribution in [2.75, 3.05) is 0 Å². The Balaban J connectivity index is -0.000000276. The molecular weight excluding hydrogens is 385 g/mol. The van der Waals surface area contributed by atoms with Gasteiger partial charge in [-0.15, -0.1) is 54.5 Å². The van der Waals surface area contributed by atoms with Crippen molar-refractivity contribution >= 4 is 35.6 Å². The van der Waals surface area contributed by atoms with Gasteiger partial charge in [0.1, 0.15) is 0 Å². The summed E-state index contributed by atoms with van der Waals surface area (Å²) < 4.78 is 0. The molecule has 0 spiro atoms. The van der Waals surface area contributed by atoms with E-state index in [1.165, 1.54) is 10.8 Å². The summed E-state index contributed by atoms with van der Waals surface area (Å²) in [5.41, 5.74) is 0. The van der Waals surface area contributed by atoms with Crippen LogP contribution in [0.5, 0.6) is 0 Å². The molecule has 0 fully saturated rings. The van der Waals surface area contributed by atoms with Crippen LogP contribution in [0.3, 0.4) is 0 Å². The first-order chi connectivity index (χ1) is 10.5. The molecule has 0 bridgehead atoms. The summed E-state index contributed by atoms with van der Waals surface area (Å²) in [5, 5.41) is 2.66. The Morgan fingerprint density at radius 1 is 0.600 bits per heavy atom. The minimum Gasteiger partial charge on any atom is -0.693 e. The Morgan fingerprint density at radius 2 is 1.08 bits per heavy atom. The molecule has 0 aliphatic carbocycles. The molecule has 0 atom stereocenters. The predicted octanol–water partition coefficient (Wildman–Crippen LogP) is 7.09. The molecule has 0 saturated carbocycles. The van der Waals surface area contributed by atoms with E-state index in [-0.39, 0.29) is 52.7 Å². The van der Waals surface area contributed by atoms with E-state index >= 15 is 0 Å². The van der Waals surface area contributed by atoms with Gasteiger partial charge in [0.15, 0.2) is 0 Å². The first-order valence-electron chi connectivity index (χ1n) is 6.89. The zero-order valence-electron chi connectivity index (χ0n) is 13.7. The summed E-state index contributed by atoms with van der Waals surface area (Å²) in [6.45, 7) is 0. The van der Waals surface area contributed by atoms with Gasteiger partial charge in [0, 0.05) is 0 Å². The van der Waals surface area contributed by atoms with Crippen molar-refractivity contribution < 1.29 is 21.7 Å². The van der Waals surface area contributed by atoms with Crippen LogP contribution < -0.4 is 0 Å². The van der Waals surface area contributed by atoms with E-state index in [9.17, 15) is 0 Å². The number of benzene rings is 3. The summed E-state index contributed by atoms with van der Waals surface area (Å²) in [7, 11) is 0. The maximum Gasteiger partial charge on any atom is 4.00 e. The summed E-state index contributed by atoms with van der Waals surface area (Å²) in [4.78, 5) is 0. The molecule has 4 aromatic rings. The van der Waals surface area contributed by atoms with Crippen molar-refractivity contribution in [2.45, 2.75) is 0 Å². The number of rotatable bonds is 0. The minimum atomic E-state index is 0. The molecule has 0 unspecified atom stereocenters. The summed E-state index contributed by atoms with van der Waals surface area (Å²) in [6, 6.07) is 39.7. The molecule has 4 rings (SSSR count). The van der Waals surface area contributed by atoms with E-state index in [0.717, 1.165) is 0 Å². The standard InChI is InChI=1S/C9H7.2C6H5.2ClH.H2N.Ti/c1-2-5-9-7-3-6-8(9)4-1;2*1-2-4-6-5-3-1;;;;/h1-7H;2*1-5H;2*1H;1H2;/q3*-1;;;-1;+4. The van der Waals surface area contributed by atoms with Crippen LogP contribution in [0.1, 0.15) is 0 Å². The van der Waals surface area contributed by atoms with E-state index < -0.39 is 0 Å². The van der Waals surface area contributed by atoms with Crippen LogP contribution in [0.4, 0.5) is 0 Å². The van der Waals surface area contributed by atoms with Gasteiger partial charge in [-0.1, -0.05) is 6.07 Å². The van der Waals surface area contributed by atoms with Gasteiger partial charge in [-0.3, -0.25) is 0 Å². The van der Waals surface area contributed by atoms with Crippen molar-refractivity contribution in [3.63, 3.8) is 0 Å². The Hall–Kier alpha value is -1.48. The van der Waals surface area contributed by atoms with Crippen LogP contribution >= 0.6 is 24.8 Å². The zero-order chi connectivity index (χ0) is 14.6. The molecule has 0 amide bonds. The summed E-state index contributed by atoms with van der Waals surface area (Å²) >= 11 is 0. The minimum absolute atomic E-state index is 0. The van der Waals surface area contributed by atoms with Crippen LogP contribution in [0.15, 0.2) is 103 Å². The molecule has 25 heavy (non-hydrogen) atoms. The third-order valence-electron chi connectivity index (χ3n) is 2.76. The third-order valence-corrected chi connectivity index (χ3v) is 2.76. The maximum atomic E-state index is 2.89. The second-order valence-corrected chi connectivity index (χ2v) is 4.31. The summed E-state index contributed by atoms with van der Waals surface area (Å²) in [6.07, 6.45) is 0. The van der Waals surface area contributed by atoms with Gasteiger partial charge < -0.3 is 6.15 Å². The van der Waals surface area contributed by atoms with E-state index in [1.807, 2.05) is 60.7 Å². The average molecular weight is 406 g/mol. The van der Waals surface area contributed by atoms with Gasteiger partial charge in [-0.05, 0) is 0 Å². The maximum absolute atomic E-state index is 2.89. The largest absolute Gasteiger partial charge is 4.00 e. The normalized spacial score (nSPS) is 7.52. The molecule has 0 saturated heterocycles. The molecule has 0 aromatic heterocycles. The fourth-order valence-corrected chi connectivity index (χ4v) is 1.75. The fourth-order valence-electron chi connectivity index (χ4n) is 1.75. The van der Waals surface area contributed by atoms with Gasteiger partial charge >= 0.3 is 21.7 Å². The molecule has 4 heteroatoms. The van der Waals surface area contributed by atoms with Gasteiger partial charge in [0.25, 0.3) is 0 Å². The molecule has 0 aliphatic rings. The van der Waals surface area contributed by atoms with Crippen LogP contribution in [0.25, 0.3) is 16.9 Å². The molecule has 2 N–H and O–H groups in total. The smallest absolute Gasteiger partial charge is 0.693 e. The molecule has 1 nitrogen and oxygen atoms in total. The van der Waals surface area contributed by atoms with Crippen molar-refractivity contribution in [2.24, 2.45) is 0 Å². The second kappa shape index (κ2) is 18.9. The molecule has 128 valence electrons. The second-order valence-electron chi connectivity index (χ2n) is 4.31. The Kier molecular flexibility index (Phi) is 21.4. The van der Waals surface area contributed by atoms with E-state index in [0.29, 0.717) is 0 Å². The molecule has 0 radical (unpaired) electrons. The summed E-state index contributed by atoms with van der Waals surface area (Å²) in [5.74, 6) is 0. The Labute approximate surface area is 178 Å². The topological polar surface area (TPSA) is 33.5 Å². The van der Waals surface area contributed by atoms with Crippen molar-refractivity contribution in [1.29, 1.82) is 0 Å². The van der Waals surface area contributed by atoms with Crippen LogP contribution in [0, 0.1) is 12.1 Å². The monoisotopic (exact) mass is 405 g/mol. The number of nitrogens with two attached hydrogens (primary N) is 1. The molecule has 4 aromatic carbocycles. The van der Waals surface area contributed by atoms with Gasteiger partial charge in [-0.25, -0.2) is 0 Å². The van der Waals surface area contributed by atoms with E-state index in [4.69, 9.17) is 0 Å². The van der Waals surface area contributed by atoms with Crippen molar-refractivity contribution in [3.8, 4) is 0 Å². The van der Waals surface area contributed by atoms with Crippen molar-refractivity contribution in [1.82, 2.24) is 0 Å². The van der Waals surface area contributed by atoms with Crippen LogP contribution in [-0.2, 0) is 21.7 Å². The first kappa shape index (κ1) is 28.3. The fraction of sp³-hybridized carbons (Fsp3) is 0. The number of fused-ring (bicyclic) bond motifs is 1. The number of hydrogen-bond acceptors (Lipinski definition) is 0. The number of halogens is 2. The first-order valence-corrected chi connectivity index (χ1v) is 6.89. The van der Waals surface area contributed by atoms with Gasteiger partial charge in [0.05, 0.1) is 0 Å². The predicted molar refractivity (Wildman–Crippen MR) is 110 cm³/mol. The van der Waals surface area contributed by atoms with E-state index in [2.05, 4.69) is 54.6 Å². The third kappa shape index (κ3) is 12.5. The van der Waals surface area contributed by atoms with Gasteiger partial charge in [0.2, 0.25) is 0 Å². The van der Waals surface area contributed by atoms with Crippen molar-refractivity contribution in [3.05, 3.63) is 121 Å². The van der Waals surface area contributed by atoms with E-state index in [1.54, 1.807) is 0 Å². The molecule has 0 aliphatic heterocycles. The number of hydrogen-bond donors (Lipinski definition) is 0. The SMILES string of the molecule is Cl.Cl.[NH2-].[Ti+4].[c-]1ccccc1.[c-]1ccccc1.c1ccc2[cH-]ccc2c1. The zero-order valence-corrected chi connectivity index (χ0v) is 16.9. The quantitative estimate of drug-likeness (QED) is 0.221. The molecular formula is C21H21Cl2NTi. The molecule has 0 heterocycles.